The summed E-state index contributed by atoms with van der Waals surface area (Å²) in [6, 6.07) is 13.4. The molecule has 8 heteroatoms. The van der Waals surface area contributed by atoms with Crippen molar-refractivity contribution in [3.63, 3.8) is 0 Å². The van der Waals surface area contributed by atoms with Crippen LogP contribution in [0.25, 0.3) is 33.3 Å². The molecule has 2 atom stereocenters. The van der Waals surface area contributed by atoms with Crippen molar-refractivity contribution >= 4 is 16.6 Å². The van der Waals surface area contributed by atoms with E-state index in [-0.39, 0.29) is 33.4 Å². The molecule has 6 nitrogen and oxygen atoms in total. The zero-order valence-electron chi connectivity index (χ0n) is 19.6. The lowest BCUT2D eigenvalue weighted by Crippen LogP contribution is -2.40. The summed E-state index contributed by atoms with van der Waals surface area (Å²) in [5, 5.41) is 0.349. The number of piperidine rings is 1. The van der Waals surface area contributed by atoms with Gasteiger partial charge in [0.2, 0.25) is 5.95 Å². The van der Waals surface area contributed by atoms with Crippen LogP contribution in [0.15, 0.2) is 53.5 Å². The van der Waals surface area contributed by atoms with E-state index >= 15 is 0 Å². The van der Waals surface area contributed by atoms with Gasteiger partial charge >= 0.3 is 0 Å². The molecule has 1 saturated heterocycles. The predicted octanol–water partition coefficient (Wildman–Crippen LogP) is 4.64. The van der Waals surface area contributed by atoms with Crippen LogP contribution < -0.4 is 11.3 Å². The Labute approximate surface area is 206 Å². The van der Waals surface area contributed by atoms with Crippen LogP contribution in [0, 0.1) is 17.7 Å². The molecule has 2 aromatic carbocycles. The first-order valence-corrected chi connectivity index (χ1v) is 12.4. The SMILES string of the molecule is Nc1nc(F)c(-c2ccc([C@]34C[C@H]3CN(C3CCC3)C4)cc2)nc1-c1ccc2c(=O)[nH]cc(F)c2c1. The predicted molar refractivity (Wildman–Crippen MR) is 134 cm³/mol. The second-order valence-electron chi connectivity index (χ2n) is 10.5. The smallest absolute Gasteiger partial charge is 0.256 e. The number of likely N-dealkylation sites (tertiary alicyclic amines) is 1. The van der Waals surface area contributed by atoms with Crippen molar-refractivity contribution in [3.05, 3.63) is 76.3 Å². The standard InChI is InChI=1S/C28H25F2N5O/c29-22-12-32-27(36)20-9-6-16(10-21(20)22)24-26(31)34-25(30)23(33-24)15-4-7-17(8-5-15)28-11-18(28)13-35(14-28)19-2-1-3-19/h4-10,12,18-19H,1-3,11,13-14H2,(H2,31,34)(H,32,36)/t18-,28+/m0/s1. The van der Waals surface area contributed by atoms with Gasteiger partial charge in [-0.1, -0.05) is 36.8 Å². The minimum Gasteiger partial charge on any atom is -0.382 e. The number of hydrogen-bond acceptors (Lipinski definition) is 5. The van der Waals surface area contributed by atoms with Crippen molar-refractivity contribution in [1.29, 1.82) is 0 Å². The maximum Gasteiger partial charge on any atom is 0.256 e. The topological polar surface area (TPSA) is 87.9 Å². The molecule has 0 amide bonds. The van der Waals surface area contributed by atoms with Gasteiger partial charge < -0.3 is 10.7 Å². The number of hydrogen-bond donors (Lipinski definition) is 2. The lowest BCUT2D eigenvalue weighted by atomic mass is 9.90. The van der Waals surface area contributed by atoms with Crippen molar-refractivity contribution in [2.75, 3.05) is 18.8 Å². The van der Waals surface area contributed by atoms with Crippen LogP contribution in [0.1, 0.15) is 31.2 Å². The van der Waals surface area contributed by atoms with E-state index in [2.05, 4.69) is 32.0 Å². The number of rotatable bonds is 4. The Kier molecular flexibility index (Phi) is 4.61. The molecule has 3 fully saturated rings. The molecule has 3 aliphatic rings. The summed E-state index contributed by atoms with van der Waals surface area (Å²) < 4.78 is 29.3. The normalized spacial score (nSPS) is 23.6. The maximum absolute atomic E-state index is 14.9. The van der Waals surface area contributed by atoms with E-state index in [9.17, 15) is 13.6 Å². The number of aromatic nitrogens is 3. The molecule has 2 saturated carbocycles. The van der Waals surface area contributed by atoms with Gasteiger partial charge in [0.1, 0.15) is 17.2 Å². The van der Waals surface area contributed by atoms with Gasteiger partial charge in [-0.15, -0.1) is 0 Å². The Morgan fingerprint density at radius 2 is 1.78 bits per heavy atom. The molecule has 3 N–H and O–H groups in total. The second-order valence-corrected chi connectivity index (χ2v) is 10.5. The molecule has 0 radical (unpaired) electrons. The highest BCUT2D eigenvalue weighted by Crippen LogP contribution is 2.60. The minimum atomic E-state index is -0.757. The highest BCUT2D eigenvalue weighted by molar-refractivity contribution is 5.88. The van der Waals surface area contributed by atoms with Gasteiger partial charge in [-0.3, -0.25) is 9.69 Å². The first kappa shape index (κ1) is 21.6. The zero-order valence-corrected chi connectivity index (χ0v) is 19.6. The number of nitrogens with zero attached hydrogens (tertiary/aromatic N) is 3. The number of nitrogens with two attached hydrogens (primary N) is 1. The van der Waals surface area contributed by atoms with Crippen LogP contribution in [-0.4, -0.2) is 39.0 Å². The Bertz CT molecular complexity index is 1580. The second kappa shape index (κ2) is 7.67. The van der Waals surface area contributed by atoms with E-state index in [0.717, 1.165) is 18.8 Å². The largest absolute Gasteiger partial charge is 0.382 e. The van der Waals surface area contributed by atoms with Gasteiger partial charge in [-0.05, 0) is 42.9 Å². The van der Waals surface area contributed by atoms with Crippen molar-refractivity contribution in [1.82, 2.24) is 19.9 Å². The summed E-state index contributed by atoms with van der Waals surface area (Å²) in [7, 11) is 0. The van der Waals surface area contributed by atoms with Gasteiger partial charge in [0.25, 0.3) is 5.56 Å². The summed E-state index contributed by atoms with van der Waals surface area (Å²) in [4.78, 5) is 25.4. The van der Waals surface area contributed by atoms with Crippen LogP contribution in [0.5, 0.6) is 0 Å². The lowest BCUT2D eigenvalue weighted by Gasteiger charge is -2.36. The fourth-order valence-electron chi connectivity index (χ4n) is 6.15. The summed E-state index contributed by atoms with van der Waals surface area (Å²) >= 11 is 0. The van der Waals surface area contributed by atoms with Crippen LogP contribution in [0.3, 0.4) is 0 Å². The Morgan fingerprint density at radius 3 is 2.53 bits per heavy atom. The third kappa shape index (κ3) is 3.20. The number of anilines is 1. The third-order valence-corrected chi connectivity index (χ3v) is 8.50. The average molecular weight is 486 g/mol. The summed E-state index contributed by atoms with van der Waals surface area (Å²) in [5.41, 5.74) is 8.55. The van der Waals surface area contributed by atoms with E-state index in [1.54, 1.807) is 6.07 Å². The highest BCUT2D eigenvalue weighted by atomic mass is 19.1. The molecule has 0 bridgehead atoms. The number of pyridine rings is 1. The Hall–Kier alpha value is -3.65. The molecule has 182 valence electrons. The molecule has 1 aliphatic heterocycles. The van der Waals surface area contributed by atoms with E-state index in [1.165, 1.54) is 49.9 Å². The van der Waals surface area contributed by atoms with Crippen LogP contribution >= 0.6 is 0 Å². The number of halogens is 2. The number of benzene rings is 2. The van der Waals surface area contributed by atoms with Crippen molar-refractivity contribution < 1.29 is 8.78 Å². The number of nitrogen functional groups attached to an aromatic ring is 1. The van der Waals surface area contributed by atoms with Gasteiger partial charge in [0.15, 0.2) is 5.82 Å². The molecular weight excluding hydrogens is 460 g/mol. The van der Waals surface area contributed by atoms with Crippen molar-refractivity contribution in [2.45, 2.75) is 37.1 Å². The number of fused-ring (bicyclic) bond motifs is 2. The first-order valence-electron chi connectivity index (χ1n) is 12.4. The van der Waals surface area contributed by atoms with E-state index in [1.807, 2.05) is 12.1 Å². The quantitative estimate of drug-likeness (QED) is 0.440. The minimum absolute atomic E-state index is 0.0876. The summed E-state index contributed by atoms with van der Waals surface area (Å²) in [6.45, 7) is 2.30. The Balaban J connectivity index is 1.22. The fraction of sp³-hybridized carbons (Fsp3) is 0.321. The van der Waals surface area contributed by atoms with E-state index in [0.29, 0.717) is 17.0 Å². The monoisotopic (exact) mass is 485 g/mol. The average Bonchev–Trinajstić information content (AvgIpc) is 3.41. The van der Waals surface area contributed by atoms with Gasteiger partial charge in [0, 0.05) is 52.6 Å². The molecule has 2 aliphatic carbocycles. The molecule has 36 heavy (non-hydrogen) atoms. The van der Waals surface area contributed by atoms with Gasteiger partial charge in [-0.25, -0.2) is 9.37 Å². The molecule has 0 unspecified atom stereocenters. The zero-order chi connectivity index (χ0) is 24.6. The summed E-state index contributed by atoms with van der Waals surface area (Å²) in [5.74, 6) is -0.716. The fourth-order valence-corrected chi connectivity index (χ4v) is 6.15. The first-order chi connectivity index (χ1) is 17.4. The number of aromatic amines is 1. The molecule has 4 aromatic rings. The molecular formula is C28H25F2N5O. The van der Waals surface area contributed by atoms with Crippen LogP contribution in [-0.2, 0) is 5.41 Å². The molecule has 2 aromatic heterocycles. The van der Waals surface area contributed by atoms with E-state index in [4.69, 9.17) is 5.73 Å². The maximum atomic E-state index is 14.9. The van der Waals surface area contributed by atoms with Crippen molar-refractivity contribution in [2.24, 2.45) is 5.92 Å². The van der Waals surface area contributed by atoms with Crippen molar-refractivity contribution in [3.8, 4) is 22.5 Å². The molecule has 3 heterocycles. The summed E-state index contributed by atoms with van der Waals surface area (Å²) in [6.07, 6.45) is 6.22. The molecule has 7 rings (SSSR count). The highest BCUT2D eigenvalue weighted by Gasteiger charge is 2.61. The molecule has 0 spiro atoms. The van der Waals surface area contributed by atoms with Gasteiger partial charge in [0.05, 0.1) is 0 Å². The third-order valence-electron chi connectivity index (χ3n) is 8.50. The van der Waals surface area contributed by atoms with Gasteiger partial charge in [-0.2, -0.15) is 9.37 Å². The number of H-pyrrole nitrogens is 1. The van der Waals surface area contributed by atoms with E-state index < -0.39 is 17.3 Å². The Morgan fingerprint density at radius 1 is 1.00 bits per heavy atom. The van der Waals surface area contributed by atoms with Crippen LogP contribution in [0.2, 0.25) is 0 Å². The number of nitrogens with one attached hydrogen (secondary N) is 1. The lowest BCUT2D eigenvalue weighted by molar-refractivity contribution is 0.140. The van der Waals surface area contributed by atoms with Crippen LogP contribution in [0.4, 0.5) is 14.6 Å².